The molecule has 0 atom stereocenters. The number of hydrogen-bond donors (Lipinski definition) is 4. The van der Waals surface area contributed by atoms with E-state index in [-0.39, 0.29) is 61.0 Å². The third-order valence-electron chi connectivity index (χ3n) is 8.69. The van der Waals surface area contributed by atoms with Gasteiger partial charge in [0.05, 0.1) is 0 Å². The van der Waals surface area contributed by atoms with Gasteiger partial charge in [0.25, 0.3) is 11.1 Å². The van der Waals surface area contributed by atoms with Crippen molar-refractivity contribution in [3.63, 3.8) is 0 Å². The Hall–Kier alpha value is -6.15. The lowest BCUT2D eigenvalue weighted by molar-refractivity contribution is -0.121. The fourth-order valence-electron chi connectivity index (χ4n) is 5.80. The number of nitrogens with zero attached hydrogens (tertiary/aromatic N) is 4. The first-order chi connectivity index (χ1) is 25.6. The predicted octanol–water partition coefficient (Wildman–Crippen LogP) is 5.00. The Morgan fingerprint density at radius 3 is 1.83 bits per heavy atom. The molecule has 12 nitrogen and oxygen atoms in total. The molecule has 5 heterocycles. The summed E-state index contributed by atoms with van der Waals surface area (Å²) in [5.41, 5.74) is 3.88. The monoisotopic (exact) mass is 732 g/mol. The first-order valence-corrected chi connectivity index (χ1v) is 17.9. The van der Waals surface area contributed by atoms with Crippen LogP contribution in [0.15, 0.2) is 88.0 Å². The van der Waals surface area contributed by atoms with Crippen molar-refractivity contribution in [3.8, 4) is 34.2 Å². The van der Waals surface area contributed by atoms with Crippen LogP contribution in [0, 0.1) is 19.7 Å². The molecule has 0 radical (unpaired) electrons. The summed E-state index contributed by atoms with van der Waals surface area (Å²) in [6.07, 6.45) is 4.60. The number of aromatic amines is 2. The third-order valence-corrected chi connectivity index (χ3v) is 9.63. The molecule has 0 spiro atoms. The maximum atomic E-state index is 13.9. The van der Waals surface area contributed by atoms with Crippen molar-refractivity contribution in [2.24, 2.45) is 0 Å². The second kappa shape index (κ2) is 16.9. The number of aryl methyl sites for hydroxylation is 2. The van der Waals surface area contributed by atoms with Gasteiger partial charge in [0, 0.05) is 71.3 Å². The first kappa shape index (κ1) is 36.6. The minimum atomic E-state index is -0.397. The fraction of sp³-hybridized carbons (Fsp3) is 0.231. The number of hydrogen-bond acceptors (Lipinski definition) is 9. The van der Waals surface area contributed by atoms with Crippen molar-refractivity contribution in [1.82, 2.24) is 40.5 Å². The fourth-order valence-corrected chi connectivity index (χ4v) is 6.51. The van der Waals surface area contributed by atoms with Crippen LogP contribution in [0.3, 0.4) is 0 Å². The van der Waals surface area contributed by atoms with Crippen LogP contribution in [-0.4, -0.2) is 48.3 Å². The molecular formula is C39H37FN8O4S. The molecule has 6 rings (SSSR count). The summed E-state index contributed by atoms with van der Waals surface area (Å²) in [5, 5.41) is 7.60. The van der Waals surface area contributed by atoms with Crippen LogP contribution < -0.4 is 21.8 Å². The molecule has 1 aromatic carbocycles. The summed E-state index contributed by atoms with van der Waals surface area (Å²) in [6, 6.07) is 17.4. The number of H-pyrrole nitrogens is 2. The molecule has 0 aliphatic rings. The maximum absolute atomic E-state index is 13.9. The molecule has 0 fully saturated rings. The molecule has 4 N–H and O–H groups in total. The summed E-state index contributed by atoms with van der Waals surface area (Å²) >= 11 is 1.65. The topological polar surface area (TPSA) is 175 Å². The second-order valence-electron chi connectivity index (χ2n) is 12.4. The highest BCUT2D eigenvalue weighted by molar-refractivity contribution is 7.09. The highest BCUT2D eigenvalue weighted by atomic mass is 32.1. The normalized spacial score (nSPS) is 11.0. The van der Waals surface area contributed by atoms with Gasteiger partial charge in [0.2, 0.25) is 11.8 Å². The van der Waals surface area contributed by atoms with Crippen molar-refractivity contribution in [2.45, 2.75) is 52.5 Å². The van der Waals surface area contributed by atoms with Crippen molar-refractivity contribution < 1.29 is 14.0 Å². The van der Waals surface area contributed by atoms with Gasteiger partial charge in [0.1, 0.15) is 17.2 Å². The van der Waals surface area contributed by atoms with Crippen molar-refractivity contribution in [1.29, 1.82) is 0 Å². The number of halogens is 1. The molecule has 0 bridgehead atoms. The Kier molecular flexibility index (Phi) is 11.7. The van der Waals surface area contributed by atoms with Crippen LogP contribution in [-0.2, 0) is 35.4 Å². The average Bonchev–Trinajstić information content (AvgIpc) is 3.67. The Morgan fingerprint density at radius 2 is 1.30 bits per heavy atom. The number of amides is 2. The molecule has 5 aromatic heterocycles. The number of benzene rings is 1. The zero-order valence-corrected chi connectivity index (χ0v) is 30.0. The van der Waals surface area contributed by atoms with Crippen LogP contribution in [0.5, 0.6) is 0 Å². The zero-order chi connectivity index (χ0) is 37.3. The largest absolute Gasteiger partial charge is 0.356 e. The van der Waals surface area contributed by atoms with Crippen molar-refractivity contribution >= 4 is 23.2 Å². The maximum Gasteiger partial charge on any atom is 0.254 e. The number of thiophene rings is 1. The van der Waals surface area contributed by atoms with Gasteiger partial charge in [-0.25, -0.2) is 14.4 Å². The predicted molar refractivity (Wildman–Crippen MR) is 201 cm³/mol. The Bertz CT molecular complexity index is 2370. The average molecular weight is 733 g/mol. The second-order valence-corrected chi connectivity index (χ2v) is 13.4. The van der Waals surface area contributed by atoms with Crippen LogP contribution in [0.2, 0.25) is 0 Å². The van der Waals surface area contributed by atoms with E-state index in [0.717, 1.165) is 17.5 Å². The van der Waals surface area contributed by atoms with E-state index in [0.29, 0.717) is 51.8 Å². The Labute approximate surface area is 308 Å². The quantitative estimate of drug-likeness (QED) is 0.121. The summed E-state index contributed by atoms with van der Waals surface area (Å²) < 4.78 is 13.9. The lowest BCUT2D eigenvalue weighted by atomic mass is 10.1. The highest BCUT2D eigenvalue weighted by Gasteiger charge is 2.16. The molecular weight excluding hydrogens is 696 g/mol. The molecule has 14 heteroatoms. The molecule has 0 saturated carbocycles. The molecule has 0 saturated heterocycles. The van der Waals surface area contributed by atoms with Gasteiger partial charge in [-0.1, -0.05) is 24.3 Å². The molecule has 270 valence electrons. The molecule has 6 aromatic rings. The van der Waals surface area contributed by atoms with Gasteiger partial charge in [-0.2, -0.15) is 0 Å². The lowest BCUT2D eigenvalue weighted by Gasteiger charge is -2.10. The molecule has 0 aliphatic heterocycles. The van der Waals surface area contributed by atoms with E-state index in [1.54, 1.807) is 80.0 Å². The van der Waals surface area contributed by atoms with Gasteiger partial charge in [-0.15, -0.1) is 11.3 Å². The van der Waals surface area contributed by atoms with E-state index in [1.165, 1.54) is 10.9 Å². The van der Waals surface area contributed by atoms with Crippen molar-refractivity contribution in [2.75, 3.05) is 6.54 Å². The van der Waals surface area contributed by atoms with Crippen LogP contribution in [0.4, 0.5) is 4.39 Å². The molecule has 53 heavy (non-hydrogen) atoms. The Morgan fingerprint density at radius 1 is 0.736 bits per heavy atom. The minimum absolute atomic E-state index is 0.0354. The summed E-state index contributed by atoms with van der Waals surface area (Å²) in [7, 11) is 0. The van der Waals surface area contributed by atoms with E-state index in [9.17, 15) is 23.6 Å². The van der Waals surface area contributed by atoms with Gasteiger partial charge in [-0.3, -0.25) is 29.1 Å². The van der Waals surface area contributed by atoms with Crippen molar-refractivity contribution in [3.05, 3.63) is 138 Å². The molecule has 0 unspecified atom stereocenters. The number of rotatable bonds is 14. The van der Waals surface area contributed by atoms with Gasteiger partial charge in [0.15, 0.2) is 11.6 Å². The Balaban J connectivity index is 1.10. The van der Waals surface area contributed by atoms with E-state index in [4.69, 9.17) is 0 Å². The van der Waals surface area contributed by atoms with Crippen LogP contribution >= 0.6 is 11.3 Å². The lowest BCUT2D eigenvalue weighted by Crippen LogP contribution is -2.27. The number of carbonyl (C=O) groups excluding carboxylic acids is 2. The van der Waals surface area contributed by atoms with E-state index >= 15 is 0 Å². The number of nitrogens with one attached hydrogen (secondary N) is 4. The van der Waals surface area contributed by atoms with Gasteiger partial charge < -0.3 is 20.6 Å². The highest BCUT2D eigenvalue weighted by Crippen LogP contribution is 2.25. The summed E-state index contributed by atoms with van der Waals surface area (Å²) in [5.74, 6) is -0.268. The number of carbonyl (C=O) groups is 2. The summed E-state index contributed by atoms with van der Waals surface area (Å²) in [6.45, 7) is 4.04. The molecule has 0 aliphatic carbocycles. The van der Waals surface area contributed by atoms with E-state index in [1.807, 2.05) is 17.5 Å². The standard InChI is InChI=1S/C39H37FN8O4S/c1-23-29(9-11-34(49)43-18-15-28-7-5-19-53-28)38(51)47-36(45-23)32-20-25(13-16-41-32)26-14-17-42-33(21-26)37-46-24(2)30(39(52)48-37)10-12-35(50)44-22-27-6-3-4-8-31(27)40/h3-8,13-14,16-17,19-21H,9-12,15,18,22H2,1-2H3,(H,43,49)(H,44,50)(H,45,47,51)(H,46,48,52). The zero-order valence-electron chi connectivity index (χ0n) is 29.2. The van der Waals surface area contributed by atoms with E-state index in [2.05, 4.69) is 40.5 Å². The van der Waals surface area contributed by atoms with Crippen LogP contribution in [0.1, 0.15) is 45.8 Å². The first-order valence-electron chi connectivity index (χ1n) is 17.1. The minimum Gasteiger partial charge on any atom is -0.356 e. The van der Waals surface area contributed by atoms with Crippen LogP contribution in [0.25, 0.3) is 34.2 Å². The smallest absolute Gasteiger partial charge is 0.254 e. The number of pyridine rings is 2. The van der Waals surface area contributed by atoms with Gasteiger partial charge >= 0.3 is 0 Å². The summed E-state index contributed by atoms with van der Waals surface area (Å²) in [4.78, 5) is 75.9. The van der Waals surface area contributed by atoms with Gasteiger partial charge in [-0.05, 0) is 86.0 Å². The molecule has 2 amide bonds. The number of aromatic nitrogens is 6. The van der Waals surface area contributed by atoms with E-state index < -0.39 is 5.82 Å². The third kappa shape index (κ3) is 9.40. The SMILES string of the molecule is Cc1nc(-c2cc(-c3ccnc(-c4nc(C)c(CCC(=O)NCc5ccccc5F)c(=O)[nH]4)c3)ccn2)[nH]c(=O)c1CCC(=O)NCCc1cccs1.